The molecule has 2 aromatic carbocycles. The first kappa shape index (κ1) is 20.9. The molecule has 2 N–H and O–H groups in total. The maximum absolute atomic E-state index is 12.3. The number of nitrogens with zero attached hydrogens (tertiary/aromatic N) is 2. The molecule has 0 amide bonds. The van der Waals surface area contributed by atoms with E-state index in [4.69, 9.17) is 14.1 Å². The summed E-state index contributed by atoms with van der Waals surface area (Å²) in [5, 5.41) is 10.5. The third-order valence-corrected chi connectivity index (χ3v) is 6.04. The number of aromatic hydroxyl groups is 1. The van der Waals surface area contributed by atoms with Crippen LogP contribution >= 0.6 is 0 Å². The zero-order valence-electron chi connectivity index (χ0n) is 18.8. The quantitative estimate of drug-likeness (QED) is 0.472. The first-order valence-corrected chi connectivity index (χ1v) is 10.9. The molecule has 0 fully saturated rings. The van der Waals surface area contributed by atoms with E-state index in [1.165, 1.54) is 17.3 Å². The maximum atomic E-state index is 12.3. The largest absolute Gasteiger partial charge is 0.501 e. The molecule has 0 atom stereocenters. The van der Waals surface area contributed by atoms with Crippen molar-refractivity contribution in [3.05, 3.63) is 70.1 Å². The number of nitrogens with one attached hydrogen (secondary N) is 1. The van der Waals surface area contributed by atoms with Crippen molar-refractivity contribution in [3.8, 4) is 45.6 Å². The molecule has 7 nitrogen and oxygen atoms in total. The Bertz CT molecular complexity index is 1390. The molecule has 2 aromatic heterocycles. The number of H-pyrrole nitrogens is 1. The highest BCUT2D eigenvalue weighted by molar-refractivity contribution is 5.81. The number of aromatic amines is 1. The average Bonchev–Trinajstić information content (AvgIpc) is 3.26. The standard InChI is InChI=1S/C26H25N3O4/c1-15-13-21(30)24(31)25(33-15)23-22(16-6-9-19(32-3)10-7-16)27-26(28-23)18-8-11-20-17(14-18)5-4-12-29(20)2/h6-11,13-14,31H,4-5,12H2,1-3H3,(H,27,28). The van der Waals surface area contributed by atoms with Gasteiger partial charge in [0.2, 0.25) is 11.2 Å². The lowest BCUT2D eigenvalue weighted by Gasteiger charge is -2.27. The molecule has 0 radical (unpaired) electrons. The van der Waals surface area contributed by atoms with E-state index < -0.39 is 11.2 Å². The predicted octanol–water partition coefficient (Wildman–Crippen LogP) is 4.77. The summed E-state index contributed by atoms with van der Waals surface area (Å²) < 4.78 is 11.1. The lowest BCUT2D eigenvalue weighted by molar-refractivity contribution is 0.415. The molecule has 0 unspecified atom stereocenters. The molecule has 5 rings (SSSR count). The van der Waals surface area contributed by atoms with Crippen molar-refractivity contribution >= 4 is 5.69 Å². The molecule has 3 heterocycles. The molecule has 0 saturated carbocycles. The van der Waals surface area contributed by atoms with E-state index >= 15 is 0 Å². The van der Waals surface area contributed by atoms with Crippen molar-refractivity contribution in [2.45, 2.75) is 19.8 Å². The summed E-state index contributed by atoms with van der Waals surface area (Å²) in [5.41, 5.74) is 4.76. The monoisotopic (exact) mass is 443 g/mol. The third kappa shape index (κ3) is 3.75. The summed E-state index contributed by atoms with van der Waals surface area (Å²) >= 11 is 0. The molecule has 33 heavy (non-hydrogen) atoms. The minimum atomic E-state index is -0.498. The van der Waals surface area contributed by atoms with E-state index in [0.29, 0.717) is 23.0 Å². The van der Waals surface area contributed by atoms with Gasteiger partial charge in [-0.2, -0.15) is 0 Å². The lowest BCUT2D eigenvalue weighted by Crippen LogP contribution is -2.24. The van der Waals surface area contributed by atoms with Gasteiger partial charge < -0.3 is 24.1 Å². The van der Waals surface area contributed by atoms with Crippen molar-refractivity contribution in [2.75, 3.05) is 25.6 Å². The van der Waals surface area contributed by atoms with Gasteiger partial charge in [-0.3, -0.25) is 4.79 Å². The Kier molecular flexibility index (Phi) is 5.17. The fourth-order valence-electron chi connectivity index (χ4n) is 4.34. The van der Waals surface area contributed by atoms with Crippen molar-refractivity contribution < 1.29 is 14.3 Å². The highest BCUT2D eigenvalue weighted by Crippen LogP contribution is 2.38. The van der Waals surface area contributed by atoms with E-state index in [-0.39, 0.29) is 5.76 Å². The van der Waals surface area contributed by atoms with Crippen LogP contribution in [0.5, 0.6) is 11.5 Å². The molecule has 7 heteroatoms. The number of fused-ring (bicyclic) bond motifs is 1. The van der Waals surface area contributed by atoms with Gasteiger partial charge in [0.05, 0.1) is 7.11 Å². The summed E-state index contributed by atoms with van der Waals surface area (Å²) in [6.45, 7) is 2.72. The van der Waals surface area contributed by atoms with Crippen molar-refractivity contribution in [1.82, 2.24) is 9.97 Å². The zero-order valence-corrected chi connectivity index (χ0v) is 18.8. The molecule has 0 saturated heterocycles. The number of hydrogen-bond donors (Lipinski definition) is 2. The molecule has 1 aliphatic rings. The maximum Gasteiger partial charge on any atom is 0.227 e. The topological polar surface area (TPSA) is 91.6 Å². The number of imidazole rings is 1. The summed E-state index contributed by atoms with van der Waals surface area (Å²) in [7, 11) is 3.72. The molecular weight excluding hydrogens is 418 g/mol. The van der Waals surface area contributed by atoms with E-state index in [2.05, 4.69) is 29.1 Å². The van der Waals surface area contributed by atoms with Gasteiger partial charge in [-0.25, -0.2) is 4.98 Å². The Labute approximate surface area is 191 Å². The van der Waals surface area contributed by atoms with Crippen LogP contribution in [0.4, 0.5) is 5.69 Å². The van der Waals surface area contributed by atoms with Gasteiger partial charge in [0.25, 0.3) is 0 Å². The second-order valence-corrected chi connectivity index (χ2v) is 8.31. The number of aryl methyl sites for hydroxylation is 2. The summed E-state index contributed by atoms with van der Waals surface area (Å²) in [5.74, 6) is 1.39. The van der Waals surface area contributed by atoms with Gasteiger partial charge in [-0.15, -0.1) is 0 Å². The predicted molar refractivity (Wildman–Crippen MR) is 128 cm³/mol. The second-order valence-electron chi connectivity index (χ2n) is 8.31. The van der Waals surface area contributed by atoms with Crippen molar-refractivity contribution in [2.24, 2.45) is 0 Å². The third-order valence-electron chi connectivity index (χ3n) is 6.04. The van der Waals surface area contributed by atoms with Crippen LogP contribution in [0.1, 0.15) is 17.7 Å². The highest BCUT2D eigenvalue weighted by atomic mass is 16.5. The minimum Gasteiger partial charge on any atom is -0.501 e. The molecule has 4 aromatic rings. The Morgan fingerprint density at radius 1 is 1.12 bits per heavy atom. The fourth-order valence-corrected chi connectivity index (χ4v) is 4.34. The van der Waals surface area contributed by atoms with Gasteiger partial charge in [-0.1, -0.05) is 0 Å². The SMILES string of the molecule is COc1ccc(-c2nc(-c3ccc4c(c3)CCCN4C)[nH]c2-c2oc(C)cc(=O)c2O)cc1. The van der Waals surface area contributed by atoms with Crippen LogP contribution in [0.25, 0.3) is 34.1 Å². The summed E-state index contributed by atoms with van der Waals surface area (Å²) in [6, 6.07) is 15.0. The lowest BCUT2D eigenvalue weighted by atomic mass is 9.99. The number of hydrogen-bond acceptors (Lipinski definition) is 6. The van der Waals surface area contributed by atoms with E-state index in [9.17, 15) is 9.90 Å². The zero-order chi connectivity index (χ0) is 23.1. The number of aromatic nitrogens is 2. The first-order valence-electron chi connectivity index (χ1n) is 10.9. The minimum absolute atomic E-state index is 0.0715. The number of anilines is 1. The van der Waals surface area contributed by atoms with Crippen LogP contribution in [-0.2, 0) is 6.42 Å². The van der Waals surface area contributed by atoms with Crippen molar-refractivity contribution in [3.63, 3.8) is 0 Å². The Hall–Kier alpha value is -4.00. The first-order chi connectivity index (χ1) is 15.9. The van der Waals surface area contributed by atoms with Gasteiger partial charge in [0.1, 0.15) is 28.7 Å². The number of ether oxygens (including phenoxy) is 1. The van der Waals surface area contributed by atoms with Crippen LogP contribution in [0.15, 0.2) is 57.7 Å². The molecule has 168 valence electrons. The van der Waals surface area contributed by atoms with Gasteiger partial charge in [0.15, 0.2) is 5.76 Å². The average molecular weight is 444 g/mol. The summed E-state index contributed by atoms with van der Waals surface area (Å²) in [4.78, 5) is 22.7. The number of benzene rings is 2. The Balaban J connectivity index is 1.69. The molecule has 0 spiro atoms. The van der Waals surface area contributed by atoms with E-state index in [1.54, 1.807) is 14.0 Å². The summed E-state index contributed by atoms with van der Waals surface area (Å²) in [6.07, 6.45) is 2.12. The Morgan fingerprint density at radius 3 is 2.64 bits per heavy atom. The van der Waals surface area contributed by atoms with Crippen LogP contribution < -0.4 is 15.1 Å². The second kappa shape index (κ2) is 8.16. The van der Waals surface area contributed by atoms with Gasteiger partial charge >= 0.3 is 0 Å². The molecule has 0 aliphatic carbocycles. The van der Waals surface area contributed by atoms with Crippen molar-refractivity contribution in [1.29, 1.82) is 0 Å². The fraction of sp³-hybridized carbons (Fsp3) is 0.231. The van der Waals surface area contributed by atoms with Crippen LogP contribution in [0.2, 0.25) is 0 Å². The van der Waals surface area contributed by atoms with Gasteiger partial charge in [0, 0.05) is 36.5 Å². The highest BCUT2D eigenvalue weighted by Gasteiger charge is 2.23. The molecule has 0 bridgehead atoms. The molecular formula is C26H25N3O4. The Morgan fingerprint density at radius 2 is 1.88 bits per heavy atom. The normalized spacial score (nSPS) is 13.1. The smallest absolute Gasteiger partial charge is 0.227 e. The van der Waals surface area contributed by atoms with Gasteiger partial charge in [-0.05, 0) is 67.8 Å². The van der Waals surface area contributed by atoms with E-state index in [0.717, 1.165) is 36.3 Å². The van der Waals surface area contributed by atoms with Crippen LogP contribution in [0.3, 0.4) is 0 Å². The van der Waals surface area contributed by atoms with Crippen LogP contribution in [0, 0.1) is 6.92 Å². The molecule has 1 aliphatic heterocycles. The number of rotatable bonds is 4. The van der Waals surface area contributed by atoms with E-state index in [1.807, 2.05) is 30.3 Å². The number of methoxy groups -OCH3 is 1. The van der Waals surface area contributed by atoms with Crippen LogP contribution in [-0.4, -0.2) is 35.8 Å².